The van der Waals surface area contributed by atoms with E-state index in [1.165, 1.54) is 90.0 Å². The smallest absolute Gasteiger partial charge is 0.00519 e. The van der Waals surface area contributed by atoms with Crippen molar-refractivity contribution in [2.75, 3.05) is 13.6 Å². The van der Waals surface area contributed by atoms with Gasteiger partial charge >= 0.3 is 0 Å². The highest BCUT2D eigenvalue weighted by Crippen LogP contribution is 2.12. The molecule has 0 atom stereocenters. The third-order valence-corrected chi connectivity index (χ3v) is 3.68. The van der Waals surface area contributed by atoms with Crippen LogP contribution in [0.2, 0.25) is 0 Å². The Morgan fingerprint density at radius 1 is 0.556 bits per heavy atom. The summed E-state index contributed by atoms with van der Waals surface area (Å²) < 4.78 is 0. The van der Waals surface area contributed by atoms with Crippen LogP contribution >= 0.6 is 0 Å². The van der Waals surface area contributed by atoms with Crippen molar-refractivity contribution in [2.45, 2.75) is 89.9 Å². The molecule has 0 saturated carbocycles. The van der Waals surface area contributed by atoms with Gasteiger partial charge in [0.05, 0.1) is 0 Å². The molecular weight excluding hydrogens is 218 g/mol. The molecule has 0 unspecified atom stereocenters. The molecule has 1 radical (unpaired) electrons. The van der Waals surface area contributed by atoms with Gasteiger partial charge in [-0.25, -0.2) is 0 Å². The monoisotopic (exact) mass is 254 g/mol. The second-order valence-electron chi connectivity index (χ2n) is 5.55. The normalized spacial score (nSPS) is 11.0. The molecule has 0 spiro atoms. The summed E-state index contributed by atoms with van der Waals surface area (Å²) in [6.45, 7) is 5.07. The first-order chi connectivity index (χ1) is 8.91. The SMILES string of the molecule is [CH2]CCCCCCCCCCCCCCCNC. The molecule has 0 heterocycles. The molecule has 18 heavy (non-hydrogen) atoms. The molecule has 0 aromatic rings. The van der Waals surface area contributed by atoms with Crippen molar-refractivity contribution in [1.29, 1.82) is 0 Å². The van der Waals surface area contributed by atoms with E-state index in [9.17, 15) is 0 Å². The van der Waals surface area contributed by atoms with Crippen LogP contribution in [0.4, 0.5) is 0 Å². The minimum absolute atomic E-state index is 1.12. The van der Waals surface area contributed by atoms with Gasteiger partial charge in [-0.2, -0.15) is 0 Å². The zero-order valence-corrected chi connectivity index (χ0v) is 12.8. The van der Waals surface area contributed by atoms with E-state index >= 15 is 0 Å². The van der Waals surface area contributed by atoms with Crippen LogP contribution < -0.4 is 5.32 Å². The van der Waals surface area contributed by atoms with Crippen molar-refractivity contribution in [3.05, 3.63) is 6.92 Å². The van der Waals surface area contributed by atoms with Crippen molar-refractivity contribution in [2.24, 2.45) is 0 Å². The van der Waals surface area contributed by atoms with Crippen molar-refractivity contribution < 1.29 is 0 Å². The first-order valence-corrected chi connectivity index (χ1v) is 8.35. The van der Waals surface area contributed by atoms with Crippen molar-refractivity contribution in [1.82, 2.24) is 5.32 Å². The van der Waals surface area contributed by atoms with E-state index in [1.807, 2.05) is 7.05 Å². The number of rotatable bonds is 15. The maximum Gasteiger partial charge on any atom is -0.00519 e. The molecule has 0 aromatic carbocycles. The first-order valence-electron chi connectivity index (χ1n) is 8.35. The maximum atomic E-state index is 3.88. The van der Waals surface area contributed by atoms with Crippen LogP contribution in [-0.2, 0) is 0 Å². The molecule has 0 aliphatic carbocycles. The highest BCUT2D eigenvalue weighted by Gasteiger charge is 1.93. The average molecular weight is 254 g/mol. The number of hydrogen-bond acceptors (Lipinski definition) is 1. The van der Waals surface area contributed by atoms with E-state index in [-0.39, 0.29) is 0 Å². The molecule has 109 valence electrons. The summed E-state index contributed by atoms with van der Waals surface area (Å²) in [5.74, 6) is 0. The Morgan fingerprint density at radius 2 is 0.889 bits per heavy atom. The number of hydrogen-bond donors (Lipinski definition) is 1. The van der Waals surface area contributed by atoms with E-state index < -0.39 is 0 Å². The summed E-state index contributed by atoms with van der Waals surface area (Å²) in [5, 5.41) is 3.21. The Hall–Kier alpha value is -0.0400. The van der Waals surface area contributed by atoms with Gasteiger partial charge in [-0.3, -0.25) is 0 Å². The van der Waals surface area contributed by atoms with Gasteiger partial charge in [0.1, 0.15) is 0 Å². The zero-order chi connectivity index (χ0) is 13.3. The standard InChI is InChI=1S/C17H36N/c1-3-4-5-6-7-8-9-10-11-12-13-14-15-16-17-18-2/h18H,1,3-17H2,2H3. The Bertz CT molecular complexity index is 118. The van der Waals surface area contributed by atoms with Crippen LogP contribution in [0.3, 0.4) is 0 Å². The molecule has 0 fully saturated rings. The fourth-order valence-corrected chi connectivity index (χ4v) is 2.42. The van der Waals surface area contributed by atoms with Gasteiger partial charge in [0.2, 0.25) is 0 Å². The highest BCUT2D eigenvalue weighted by atomic mass is 14.8. The maximum absolute atomic E-state index is 3.88. The molecule has 0 aliphatic heterocycles. The summed E-state index contributed by atoms with van der Waals surface area (Å²) in [6, 6.07) is 0. The second-order valence-corrected chi connectivity index (χ2v) is 5.55. The van der Waals surface area contributed by atoms with Crippen molar-refractivity contribution >= 4 is 0 Å². The molecular formula is C17H36N. The lowest BCUT2D eigenvalue weighted by molar-refractivity contribution is 0.535. The molecule has 1 nitrogen and oxygen atoms in total. The summed E-state index contributed by atoms with van der Waals surface area (Å²) in [4.78, 5) is 0. The Labute approximate surface area is 116 Å². The summed E-state index contributed by atoms with van der Waals surface area (Å²) >= 11 is 0. The summed E-state index contributed by atoms with van der Waals surface area (Å²) in [6.07, 6.45) is 19.7. The van der Waals surface area contributed by atoms with E-state index in [0.29, 0.717) is 0 Å². The van der Waals surface area contributed by atoms with E-state index in [4.69, 9.17) is 0 Å². The van der Waals surface area contributed by atoms with E-state index in [0.717, 1.165) is 6.42 Å². The predicted molar refractivity (Wildman–Crippen MR) is 83.9 cm³/mol. The first kappa shape index (κ1) is 18.0. The Morgan fingerprint density at radius 3 is 1.22 bits per heavy atom. The summed E-state index contributed by atoms with van der Waals surface area (Å²) in [7, 11) is 2.04. The van der Waals surface area contributed by atoms with Crippen LogP contribution in [0.5, 0.6) is 0 Å². The van der Waals surface area contributed by atoms with Gasteiger partial charge in [0.15, 0.2) is 0 Å². The quantitative estimate of drug-likeness (QED) is 0.380. The Kier molecular flexibility index (Phi) is 16.9. The van der Waals surface area contributed by atoms with Crippen LogP contribution in [-0.4, -0.2) is 13.6 Å². The van der Waals surface area contributed by atoms with Gasteiger partial charge in [-0.05, 0) is 20.0 Å². The third-order valence-electron chi connectivity index (χ3n) is 3.68. The van der Waals surface area contributed by atoms with Gasteiger partial charge in [0.25, 0.3) is 0 Å². The zero-order valence-electron chi connectivity index (χ0n) is 12.8. The molecule has 0 aromatic heterocycles. The molecule has 0 bridgehead atoms. The topological polar surface area (TPSA) is 12.0 Å². The predicted octanol–water partition coefficient (Wildman–Crippen LogP) is 5.50. The fourth-order valence-electron chi connectivity index (χ4n) is 2.42. The molecule has 0 saturated heterocycles. The minimum atomic E-state index is 1.12. The van der Waals surface area contributed by atoms with Gasteiger partial charge < -0.3 is 5.32 Å². The summed E-state index contributed by atoms with van der Waals surface area (Å²) in [5.41, 5.74) is 0. The van der Waals surface area contributed by atoms with Gasteiger partial charge in [-0.1, -0.05) is 90.4 Å². The largest absolute Gasteiger partial charge is 0.320 e. The van der Waals surface area contributed by atoms with Crippen molar-refractivity contribution in [3.63, 3.8) is 0 Å². The van der Waals surface area contributed by atoms with Gasteiger partial charge in [-0.15, -0.1) is 0 Å². The highest BCUT2D eigenvalue weighted by molar-refractivity contribution is 4.50. The van der Waals surface area contributed by atoms with Crippen LogP contribution in [0.1, 0.15) is 89.9 Å². The van der Waals surface area contributed by atoms with E-state index in [2.05, 4.69) is 12.2 Å². The minimum Gasteiger partial charge on any atom is -0.320 e. The molecule has 1 heteroatoms. The Balaban J connectivity index is 2.86. The molecule has 0 aliphatic rings. The lowest BCUT2D eigenvalue weighted by Gasteiger charge is -2.03. The lowest BCUT2D eigenvalue weighted by Crippen LogP contribution is -2.06. The average Bonchev–Trinajstić information content (AvgIpc) is 2.39. The molecule has 0 rings (SSSR count). The van der Waals surface area contributed by atoms with Crippen molar-refractivity contribution in [3.8, 4) is 0 Å². The number of nitrogens with one attached hydrogen (secondary N) is 1. The molecule has 0 amide bonds. The van der Waals surface area contributed by atoms with Crippen LogP contribution in [0.25, 0.3) is 0 Å². The van der Waals surface area contributed by atoms with E-state index in [1.54, 1.807) is 0 Å². The van der Waals surface area contributed by atoms with Gasteiger partial charge in [0, 0.05) is 0 Å². The molecule has 1 N–H and O–H groups in total. The fraction of sp³-hybridized carbons (Fsp3) is 0.941. The second kappa shape index (κ2) is 17.0. The number of unbranched alkanes of at least 4 members (excludes halogenated alkanes) is 13. The van der Waals surface area contributed by atoms with Crippen LogP contribution in [0, 0.1) is 6.92 Å². The lowest BCUT2D eigenvalue weighted by atomic mass is 10.0. The third kappa shape index (κ3) is 16.0. The van der Waals surface area contributed by atoms with Crippen LogP contribution in [0.15, 0.2) is 0 Å².